The molecule has 0 unspecified atom stereocenters. The van der Waals surface area contributed by atoms with Crippen molar-refractivity contribution in [2.75, 3.05) is 46.9 Å². The molecule has 2 saturated heterocycles. The van der Waals surface area contributed by atoms with Crippen molar-refractivity contribution in [2.24, 2.45) is 0 Å². The van der Waals surface area contributed by atoms with Crippen molar-refractivity contribution in [1.82, 2.24) is 9.80 Å². The monoisotopic (exact) mass is 314 g/mol. The maximum absolute atomic E-state index is 5.71. The van der Waals surface area contributed by atoms with E-state index in [4.69, 9.17) is 9.47 Å². The van der Waals surface area contributed by atoms with Crippen LogP contribution in [0.4, 0.5) is 0 Å². The first-order valence-electron chi connectivity index (χ1n) is 9.15. The molecule has 2 rings (SSSR count). The van der Waals surface area contributed by atoms with Gasteiger partial charge in [-0.05, 0) is 60.0 Å². The molecule has 4 nitrogen and oxygen atoms in total. The van der Waals surface area contributed by atoms with Crippen molar-refractivity contribution < 1.29 is 9.47 Å². The fourth-order valence-corrected chi connectivity index (χ4v) is 2.94. The summed E-state index contributed by atoms with van der Waals surface area (Å²) in [5.74, 6) is 0. The van der Waals surface area contributed by atoms with Gasteiger partial charge >= 0.3 is 0 Å². The van der Waals surface area contributed by atoms with Crippen molar-refractivity contribution in [2.45, 2.75) is 71.2 Å². The summed E-state index contributed by atoms with van der Waals surface area (Å²) in [7, 11) is 4.35. The van der Waals surface area contributed by atoms with Crippen LogP contribution in [-0.2, 0) is 9.47 Å². The highest BCUT2D eigenvalue weighted by Crippen LogP contribution is 2.13. The van der Waals surface area contributed by atoms with Crippen LogP contribution in [0.5, 0.6) is 0 Å². The zero-order valence-electron chi connectivity index (χ0n) is 15.5. The highest BCUT2D eigenvalue weighted by atomic mass is 16.5. The third-order valence-electron chi connectivity index (χ3n) is 4.35. The van der Waals surface area contributed by atoms with Crippen LogP contribution in [0, 0.1) is 0 Å². The van der Waals surface area contributed by atoms with E-state index < -0.39 is 0 Å². The molecule has 0 radical (unpaired) electrons. The molecule has 2 fully saturated rings. The largest absolute Gasteiger partial charge is 0.378 e. The van der Waals surface area contributed by atoms with Gasteiger partial charge in [-0.25, -0.2) is 0 Å². The molecule has 0 N–H and O–H groups in total. The highest BCUT2D eigenvalue weighted by Gasteiger charge is 2.17. The maximum atomic E-state index is 5.71. The summed E-state index contributed by atoms with van der Waals surface area (Å²) in [6.07, 6.45) is 7.45. The van der Waals surface area contributed by atoms with Crippen molar-refractivity contribution >= 4 is 0 Å². The molecular weight excluding hydrogens is 276 g/mol. The smallest absolute Gasteiger partial charge is 0.0603 e. The van der Waals surface area contributed by atoms with Crippen LogP contribution in [0.3, 0.4) is 0 Å². The Morgan fingerprint density at radius 1 is 0.864 bits per heavy atom. The fraction of sp³-hybridized carbons (Fsp3) is 1.00. The predicted molar refractivity (Wildman–Crippen MR) is 93.5 cm³/mol. The SMILES string of the molecule is CC(C)OC1CCN(C)CC1.CCCOC1CCN(C)CC1. The lowest BCUT2D eigenvalue weighted by Gasteiger charge is -2.30. The molecule has 0 aromatic heterocycles. The molecule has 0 aromatic carbocycles. The van der Waals surface area contributed by atoms with Crippen LogP contribution in [0.25, 0.3) is 0 Å². The van der Waals surface area contributed by atoms with Crippen LogP contribution in [0.1, 0.15) is 52.9 Å². The minimum atomic E-state index is 0.392. The van der Waals surface area contributed by atoms with E-state index in [1.165, 1.54) is 51.9 Å². The van der Waals surface area contributed by atoms with Gasteiger partial charge in [0, 0.05) is 32.8 Å². The number of rotatable bonds is 5. The topological polar surface area (TPSA) is 24.9 Å². The fourth-order valence-electron chi connectivity index (χ4n) is 2.94. The van der Waals surface area contributed by atoms with E-state index in [1.54, 1.807) is 0 Å². The molecule has 2 aliphatic heterocycles. The number of hydrogen-bond donors (Lipinski definition) is 0. The number of likely N-dealkylation sites (tertiary alicyclic amines) is 2. The minimum Gasteiger partial charge on any atom is -0.378 e. The average molecular weight is 315 g/mol. The number of nitrogens with zero attached hydrogens (tertiary/aromatic N) is 2. The Labute approximate surface area is 138 Å². The van der Waals surface area contributed by atoms with Crippen molar-refractivity contribution in [3.63, 3.8) is 0 Å². The van der Waals surface area contributed by atoms with E-state index in [9.17, 15) is 0 Å². The second-order valence-electron chi connectivity index (χ2n) is 7.06. The van der Waals surface area contributed by atoms with E-state index in [0.717, 1.165) is 13.0 Å². The van der Waals surface area contributed by atoms with E-state index >= 15 is 0 Å². The normalized spacial score (nSPS) is 22.6. The van der Waals surface area contributed by atoms with Gasteiger partial charge in [-0.2, -0.15) is 0 Å². The van der Waals surface area contributed by atoms with E-state index in [-0.39, 0.29) is 0 Å². The Hall–Kier alpha value is -0.160. The summed E-state index contributed by atoms with van der Waals surface area (Å²) in [6, 6.07) is 0. The van der Waals surface area contributed by atoms with Gasteiger partial charge in [0.25, 0.3) is 0 Å². The second-order valence-corrected chi connectivity index (χ2v) is 7.06. The Morgan fingerprint density at radius 2 is 1.32 bits per heavy atom. The first-order chi connectivity index (χ1) is 10.5. The highest BCUT2D eigenvalue weighted by molar-refractivity contribution is 4.70. The van der Waals surface area contributed by atoms with Gasteiger partial charge in [-0.1, -0.05) is 6.92 Å². The summed E-state index contributed by atoms with van der Waals surface area (Å²) in [4.78, 5) is 4.73. The van der Waals surface area contributed by atoms with Gasteiger partial charge < -0.3 is 19.3 Å². The van der Waals surface area contributed by atoms with Crippen LogP contribution in [0.15, 0.2) is 0 Å². The summed E-state index contributed by atoms with van der Waals surface area (Å²) in [5.41, 5.74) is 0. The molecule has 0 bridgehead atoms. The lowest BCUT2D eigenvalue weighted by Crippen LogP contribution is -2.35. The number of ether oxygens (including phenoxy) is 2. The minimum absolute atomic E-state index is 0.392. The summed E-state index contributed by atoms with van der Waals surface area (Å²) in [5, 5.41) is 0. The Balaban J connectivity index is 0.000000220. The average Bonchev–Trinajstić information content (AvgIpc) is 2.49. The Kier molecular flexibility index (Phi) is 10.3. The third-order valence-corrected chi connectivity index (χ3v) is 4.35. The van der Waals surface area contributed by atoms with Crippen molar-refractivity contribution in [1.29, 1.82) is 0 Å². The van der Waals surface area contributed by atoms with Crippen LogP contribution < -0.4 is 0 Å². The van der Waals surface area contributed by atoms with Crippen LogP contribution in [0.2, 0.25) is 0 Å². The van der Waals surface area contributed by atoms with Gasteiger partial charge in [0.05, 0.1) is 18.3 Å². The standard InChI is InChI=1S/2C9H19NO/c1-8(2)11-9-4-6-10(3)7-5-9;1-3-8-11-9-4-6-10(2)7-5-9/h8-9H,4-7H2,1-3H3;9H,3-8H2,1-2H3. The zero-order chi connectivity index (χ0) is 16.4. The first-order valence-corrected chi connectivity index (χ1v) is 9.15. The molecule has 0 atom stereocenters. The first kappa shape index (κ1) is 19.9. The molecule has 0 aliphatic carbocycles. The van der Waals surface area contributed by atoms with Crippen LogP contribution >= 0.6 is 0 Å². The van der Waals surface area contributed by atoms with Crippen molar-refractivity contribution in [3.8, 4) is 0 Å². The maximum Gasteiger partial charge on any atom is 0.0603 e. The second kappa shape index (κ2) is 11.4. The third kappa shape index (κ3) is 9.09. The van der Waals surface area contributed by atoms with Crippen molar-refractivity contribution in [3.05, 3.63) is 0 Å². The molecule has 4 heteroatoms. The van der Waals surface area contributed by atoms with Gasteiger partial charge in [0.1, 0.15) is 0 Å². The predicted octanol–water partition coefficient (Wildman–Crippen LogP) is 3.01. The lowest BCUT2D eigenvalue weighted by molar-refractivity contribution is -0.0232. The van der Waals surface area contributed by atoms with Gasteiger partial charge in [-0.3, -0.25) is 0 Å². The molecule has 0 spiro atoms. The quantitative estimate of drug-likeness (QED) is 0.779. The number of piperidine rings is 2. The van der Waals surface area contributed by atoms with Crippen LogP contribution in [-0.4, -0.2) is 75.0 Å². The molecular formula is C18H38N2O2. The molecule has 0 saturated carbocycles. The lowest BCUT2D eigenvalue weighted by atomic mass is 10.1. The zero-order valence-corrected chi connectivity index (χ0v) is 15.5. The summed E-state index contributed by atoms with van der Waals surface area (Å²) in [6.45, 7) is 12.1. The molecule has 22 heavy (non-hydrogen) atoms. The Bertz CT molecular complexity index is 255. The van der Waals surface area contributed by atoms with Gasteiger partial charge in [0.15, 0.2) is 0 Å². The van der Waals surface area contributed by atoms with E-state index in [0.29, 0.717) is 18.3 Å². The number of hydrogen-bond acceptors (Lipinski definition) is 4. The summed E-state index contributed by atoms with van der Waals surface area (Å²) >= 11 is 0. The Morgan fingerprint density at radius 3 is 1.73 bits per heavy atom. The molecule has 2 heterocycles. The summed E-state index contributed by atoms with van der Waals surface area (Å²) < 4.78 is 11.4. The van der Waals surface area contributed by atoms with E-state index in [2.05, 4.69) is 44.7 Å². The molecule has 2 aliphatic rings. The van der Waals surface area contributed by atoms with E-state index in [1.807, 2.05) is 0 Å². The molecule has 0 aromatic rings. The molecule has 0 amide bonds. The van der Waals surface area contributed by atoms with Gasteiger partial charge in [-0.15, -0.1) is 0 Å². The van der Waals surface area contributed by atoms with Gasteiger partial charge in [0.2, 0.25) is 0 Å². The molecule has 132 valence electrons.